The molecule has 5 aliphatic rings. The van der Waals surface area contributed by atoms with E-state index in [-0.39, 0.29) is 29.6 Å². The Morgan fingerprint density at radius 2 is 1.88 bits per heavy atom. The molecule has 0 radical (unpaired) electrons. The fourth-order valence-electron chi connectivity index (χ4n) is 6.82. The highest BCUT2D eigenvalue weighted by Gasteiger charge is 2.66. The summed E-state index contributed by atoms with van der Waals surface area (Å²) in [5.74, 6) is -3.93. The lowest BCUT2D eigenvalue weighted by Crippen LogP contribution is -2.61. The number of aliphatic hydroxyl groups excluding tert-OH is 2. The molecule has 0 aromatic carbocycles. The van der Waals surface area contributed by atoms with Crippen molar-refractivity contribution >= 4 is 17.6 Å². The summed E-state index contributed by atoms with van der Waals surface area (Å²) in [6.45, 7) is 11.7. The Bertz CT molecular complexity index is 1280. The number of rotatable bonds is 7. The summed E-state index contributed by atoms with van der Waals surface area (Å²) in [5, 5.41) is 23.7. The van der Waals surface area contributed by atoms with E-state index in [1.165, 1.54) is 18.0 Å². The standard InChI is InChI=1S/C32H44N2O9/c1-16(14-17(2)28-18(3)23-12-13-32(15-40-32)31(6,42-23)43-28)8-9-22(36)25-27(37)26(19(4)29(38)33-7)34(30(25)39)24-11-10-21(35)20(5)41-24/h8-9,12-14,17-21,23-24,26,28,35-36H,10-11,15H2,1-7H3,(H,33,38)/b9-8+,16-14-,25-22+. The highest BCUT2D eigenvalue weighted by Crippen LogP contribution is 2.52. The third kappa shape index (κ3) is 5.50. The molecular formula is C32H44N2O9. The number of carbonyl (C=O) groups is 3. The summed E-state index contributed by atoms with van der Waals surface area (Å²) in [7, 11) is 1.46. The lowest BCUT2D eigenvalue weighted by atomic mass is 9.82. The number of aliphatic hydroxyl groups is 2. The van der Waals surface area contributed by atoms with Crippen LogP contribution in [0, 0.1) is 17.8 Å². The number of likely N-dealkylation sites (tertiary alicyclic amines) is 1. The molecule has 3 N–H and O–H groups in total. The highest BCUT2D eigenvalue weighted by atomic mass is 16.8. The normalized spacial score (nSPS) is 42.0. The molecule has 0 aromatic rings. The number of nitrogens with zero attached hydrogens (tertiary/aromatic N) is 1. The number of ketones is 1. The van der Waals surface area contributed by atoms with Gasteiger partial charge < -0.3 is 39.4 Å². The number of carbonyl (C=O) groups excluding carboxylic acids is 3. The van der Waals surface area contributed by atoms with Crippen LogP contribution >= 0.6 is 0 Å². The van der Waals surface area contributed by atoms with E-state index < -0.39 is 65.1 Å². The van der Waals surface area contributed by atoms with Gasteiger partial charge in [0.05, 0.1) is 36.9 Å². The summed E-state index contributed by atoms with van der Waals surface area (Å²) in [4.78, 5) is 41.1. The molecule has 4 saturated heterocycles. The summed E-state index contributed by atoms with van der Waals surface area (Å²) >= 11 is 0. The van der Waals surface area contributed by atoms with E-state index in [9.17, 15) is 24.6 Å². The molecule has 5 aliphatic heterocycles. The minimum Gasteiger partial charge on any atom is -0.507 e. The number of nitrogens with one attached hydrogen (secondary N) is 1. The quantitative estimate of drug-likeness (QED) is 0.100. The molecule has 4 fully saturated rings. The monoisotopic (exact) mass is 600 g/mol. The fourth-order valence-corrected chi connectivity index (χ4v) is 6.82. The average molecular weight is 601 g/mol. The van der Waals surface area contributed by atoms with Gasteiger partial charge in [0, 0.05) is 18.9 Å². The van der Waals surface area contributed by atoms with Crippen molar-refractivity contribution in [3.05, 3.63) is 47.3 Å². The van der Waals surface area contributed by atoms with Gasteiger partial charge in [0.2, 0.25) is 11.7 Å². The Labute approximate surface area is 252 Å². The zero-order valence-electron chi connectivity index (χ0n) is 25.9. The number of hydrogen-bond donors (Lipinski definition) is 3. The lowest BCUT2D eigenvalue weighted by molar-refractivity contribution is -0.346. The number of ether oxygens (including phenoxy) is 4. The molecule has 11 unspecified atom stereocenters. The molecule has 2 bridgehead atoms. The van der Waals surface area contributed by atoms with E-state index in [1.54, 1.807) is 19.9 Å². The number of Topliss-reactive ketones (excluding diaryl/α,β-unsaturated/α-hetero) is 1. The molecule has 11 atom stereocenters. The predicted molar refractivity (Wildman–Crippen MR) is 155 cm³/mol. The maximum Gasteiger partial charge on any atom is 0.264 e. The van der Waals surface area contributed by atoms with Crippen molar-refractivity contribution in [1.29, 1.82) is 0 Å². The minimum absolute atomic E-state index is 0.0220. The van der Waals surface area contributed by atoms with Crippen LogP contribution in [-0.2, 0) is 33.3 Å². The number of fused-ring (bicyclic) bond motifs is 3. The number of epoxide rings is 1. The van der Waals surface area contributed by atoms with E-state index in [4.69, 9.17) is 18.9 Å². The minimum atomic E-state index is -1.15. The second-order valence-corrected chi connectivity index (χ2v) is 12.7. The molecule has 2 amide bonds. The SMILES string of the molecule is CNC(=O)C(C)C1C(=O)/C(=C(O)/C=C/C(C)=C\C(C)C2OC3(C)OC(C=CC34CO4)C2C)C(=O)N1C1CCC(O)C(C)O1. The smallest absolute Gasteiger partial charge is 0.264 e. The van der Waals surface area contributed by atoms with E-state index >= 15 is 0 Å². The van der Waals surface area contributed by atoms with Crippen molar-refractivity contribution < 1.29 is 43.5 Å². The van der Waals surface area contributed by atoms with Gasteiger partial charge in [0.25, 0.3) is 5.91 Å². The highest BCUT2D eigenvalue weighted by molar-refractivity contribution is 6.27. The van der Waals surface area contributed by atoms with Crippen molar-refractivity contribution in [2.45, 2.75) is 102 Å². The molecule has 43 heavy (non-hydrogen) atoms. The second-order valence-electron chi connectivity index (χ2n) is 12.7. The Balaban J connectivity index is 1.36. The zero-order valence-corrected chi connectivity index (χ0v) is 25.9. The van der Waals surface area contributed by atoms with Crippen molar-refractivity contribution in [3.8, 4) is 0 Å². The van der Waals surface area contributed by atoms with Crippen molar-refractivity contribution in [1.82, 2.24) is 10.2 Å². The Morgan fingerprint density at radius 1 is 1.19 bits per heavy atom. The van der Waals surface area contributed by atoms with Crippen LogP contribution in [0.15, 0.2) is 47.3 Å². The first-order valence-corrected chi connectivity index (χ1v) is 15.1. The van der Waals surface area contributed by atoms with Crippen molar-refractivity contribution in [2.75, 3.05) is 13.7 Å². The number of amides is 2. The first kappa shape index (κ1) is 31.6. The summed E-state index contributed by atoms with van der Waals surface area (Å²) in [5.41, 5.74) is -0.127. The van der Waals surface area contributed by atoms with E-state index in [2.05, 4.69) is 31.3 Å². The molecule has 0 aliphatic carbocycles. The van der Waals surface area contributed by atoms with Crippen LogP contribution < -0.4 is 5.32 Å². The molecule has 0 saturated carbocycles. The molecule has 5 rings (SSSR count). The van der Waals surface area contributed by atoms with Gasteiger partial charge in [0.15, 0.2) is 11.4 Å². The van der Waals surface area contributed by atoms with Crippen molar-refractivity contribution in [3.63, 3.8) is 0 Å². The lowest BCUT2D eigenvalue weighted by Gasteiger charge is -2.51. The molecule has 236 valence electrons. The van der Waals surface area contributed by atoms with E-state index in [1.807, 2.05) is 19.9 Å². The predicted octanol–water partition coefficient (Wildman–Crippen LogP) is 2.46. The fraction of sp³-hybridized carbons (Fsp3) is 0.656. The Morgan fingerprint density at radius 3 is 2.51 bits per heavy atom. The summed E-state index contributed by atoms with van der Waals surface area (Å²) in [6.07, 6.45) is 7.46. The first-order valence-electron chi connectivity index (χ1n) is 15.1. The van der Waals surface area contributed by atoms with Gasteiger partial charge in [-0.15, -0.1) is 0 Å². The van der Waals surface area contributed by atoms with Crippen LogP contribution in [-0.4, -0.2) is 94.4 Å². The van der Waals surface area contributed by atoms with Crippen LogP contribution in [0.3, 0.4) is 0 Å². The molecule has 11 nitrogen and oxygen atoms in total. The molecule has 5 heterocycles. The molecule has 0 aromatic heterocycles. The maximum absolute atomic E-state index is 13.6. The molecule has 1 spiro atoms. The van der Waals surface area contributed by atoms with E-state index in [0.29, 0.717) is 19.4 Å². The van der Waals surface area contributed by atoms with Gasteiger partial charge in [-0.05, 0) is 45.8 Å². The first-order chi connectivity index (χ1) is 20.2. The van der Waals surface area contributed by atoms with Crippen LogP contribution in [0.2, 0.25) is 0 Å². The van der Waals surface area contributed by atoms with Crippen LogP contribution in [0.1, 0.15) is 54.4 Å². The van der Waals surface area contributed by atoms with Crippen LogP contribution in [0.5, 0.6) is 0 Å². The zero-order chi connectivity index (χ0) is 31.4. The van der Waals surface area contributed by atoms with Gasteiger partial charge in [-0.3, -0.25) is 14.4 Å². The Hall–Kier alpha value is -2.83. The summed E-state index contributed by atoms with van der Waals surface area (Å²) in [6, 6.07) is -1.15. The number of hydrogen-bond acceptors (Lipinski definition) is 9. The van der Waals surface area contributed by atoms with Crippen molar-refractivity contribution in [2.24, 2.45) is 17.8 Å². The topological polar surface area (TPSA) is 147 Å². The van der Waals surface area contributed by atoms with Gasteiger partial charge in [-0.25, -0.2) is 0 Å². The number of allylic oxidation sites excluding steroid dienone is 3. The Kier molecular flexibility index (Phi) is 8.51. The van der Waals surface area contributed by atoms with E-state index in [0.717, 1.165) is 5.57 Å². The molecule has 11 heteroatoms. The van der Waals surface area contributed by atoms with Gasteiger partial charge in [-0.2, -0.15) is 0 Å². The third-order valence-corrected chi connectivity index (χ3v) is 9.67. The molecular weight excluding hydrogens is 556 g/mol. The van der Waals surface area contributed by atoms with Crippen LogP contribution in [0.25, 0.3) is 0 Å². The summed E-state index contributed by atoms with van der Waals surface area (Å²) < 4.78 is 24.3. The maximum atomic E-state index is 13.6. The van der Waals surface area contributed by atoms with Gasteiger partial charge in [0.1, 0.15) is 23.6 Å². The third-order valence-electron chi connectivity index (χ3n) is 9.67. The van der Waals surface area contributed by atoms with Crippen LogP contribution in [0.4, 0.5) is 0 Å². The average Bonchev–Trinajstić information content (AvgIpc) is 3.71. The van der Waals surface area contributed by atoms with Gasteiger partial charge >= 0.3 is 0 Å². The second kappa shape index (κ2) is 11.6. The largest absolute Gasteiger partial charge is 0.507 e. The van der Waals surface area contributed by atoms with Gasteiger partial charge in [-0.1, -0.05) is 44.6 Å².